The molecule has 0 aliphatic heterocycles. The van der Waals surface area contributed by atoms with E-state index in [1.54, 1.807) is 20.8 Å². The number of nitrogens with one attached hydrogen (secondary N) is 1. The van der Waals surface area contributed by atoms with Crippen LogP contribution in [0.1, 0.15) is 31.1 Å². The van der Waals surface area contributed by atoms with Crippen LogP contribution in [0.25, 0.3) is 0 Å². The number of rotatable bonds is 3. The number of hydrogen-bond acceptors (Lipinski definition) is 5. The Kier molecular flexibility index (Phi) is 4.54. The summed E-state index contributed by atoms with van der Waals surface area (Å²) in [5.74, 6) is -2.16. The summed E-state index contributed by atoms with van der Waals surface area (Å²) in [6.07, 6.45) is -0.571. The summed E-state index contributed by atoms with van der Waals surface area (Å²) < 4.78 is 23.6. The number of amides is 1. The topological polar surface area (TPSA) is 84.9 Å². The molecule has 0 heterocycles. The van der Waals surface area contributed by atoms with Gasteiger partial charge in [0.05, 0.1) is 18.4 Å². The zero-order valence-corrected chi connectivity index (χ0v) is 11.6. The van der Waals surface area contributed by atoms with Crippen LogP contribution in [0, 0.1) is 5.82 Å². The van der Waals surface area contributed by atoms with Crippen LogP contribution in [0.2, 0.25) is 0 Å². The third-order valence-corrected chi connectivity index (χ3v) is 2.19. The number of halogens is 1. The lowest BCUT2D eigenvalue weighted by atomic mass is 10.1. The standard InChI is InChI=1S/C13H16FNO5/c1-13(2,3)20-12(18)15-8-5-7(6-16)10(17)11(19-4)9(8)14/h5-6,17H,1-4H3,(H,15,18). The molecule has 1 aromatic rings. The van der Waals surface area contributed by atoms with Crippen molar-refractivity contribution in [1.82, 2.24) is 0 Å². The molecule has 0 atom stereocenters. The van der Waals surface area contributed by atoms with Crippen LogP contribution < -0.4 is 10.1 Å². The Hall–Kier alpha value is -2.31. The van der Waals surface area contributed by atoms with Crippen LogP contribution in [0.4, 0.5) is 14.9 Å². The molecule has 20 heavy (non-hydrogen) atoms. The SMILES string of the molecule is COc1c(O)c(C=O)cc(NC(=O)OC(C)(C)C)c1F. The van der Waals surface area contributed by atoms with Crippen molar-refractivity contribution in [2.45, 2.75) is 26.4 Å². The molecule has 2 N–H and O–H groups in total. The quantitative estimate of drug-likeness (QED) is 0.659. The van der Waals surface area contributed by atoms with Crippen molar-refractivity contribution in [3.63, 3.8) is 0 Å². The highest BCUT2D eigenvalue weighted by Gasteiger charge is 2.22. The zero-order valence-electron chi connectivity index (χ0n) is 11.6. The fourth-order valence-corrected chi connectivity index (χ4v) is 1.43. The van der Waals surface area contributed by atoms with Crippen molar-refractivity contribution in [1.29, 1.82) is 0 Å². The van der Waals surface area contributed by atoms with E-state index in [0.29, 0.717) is 6.29 Å². The van der Waals surface area contributed by atoms with Crippen molar-refractivity contribution < 1.29 is 28.6 Å². The van der Waals surface area contributed by atoms with Crippen LogP contribution in [-0.4, -0.2) is 30.2 Å². The molecule has 0 unspecified atom stereocenters. The molecular formula is C13H16FNO5. The Morgan fingerprint density at radius 1 is 1.45 bits per heavy atom. The number of aromatic hydroxyl groups is 1. The molecule has 1 aromatic carbocycles. The molecule has 1 amide bonds. The molecule has 7 heteroatoms. The number of ether oxygens (including phenoxy) is 2. The van der Waals surface area contributed by atoms with Gasteiger partial charge in [0.1, 0.15) is 5.60 Å². The number of benzene rings is 1. The van der Waals surface area contributed by atoms with Gasteiger partial charge in [-0.25, -0.2) is 9.18 Å². The van der Waals surface area contributed by atoms with Crippen molar-refractivity contribution in [2.24, 2.45) is 0 Å². The number of phenols is 1. The van der Waals surface area contributed by atoms with Crippen LogP contribution in [0.15, 0.2) is 6.07 Å². The number of anilines is 1. The van der Waals surface area contributed by atoms with E-state index in [2.05, 4.69) is 10.1 Å². The van der Waals surface area contributed by atoms with Gasteiger partial charge in [-0.2, -0.15) is 0 Å². The van der Waals surface area contributed by atoms with E-state index in [4.69, 9.17) is 4.74 Å². The summed E-state index contributed by atoms with van der Waals surface area (Å²) in [5.41, 5.74) is -1.29. The van der Waals surface area contributed by atoms with Crippen LogP contribution in [0.5, 0.6) is 11.5 Å². The molecule has 0 saturated carbocycles. The molecule has 6 nitrogen and oxygen atoms in total. The van der Waals surface area contributed by atoms with Crippen LogP contribution in [-0.2, 0) is 4.74 Å². The molecule has 0 aliphatic rings. The predicted molar refractivity (Wildman–Crippen MR) is 69.9 cm³/mol. The minimum absolute atomic E-state index is 0.214. The minimum atomic E-state index is -0.999. The average molecular weight is 285 g/mol. The highest BCUT2D eigenvalue weighted by Crippen LogP contribution is 2.36. The number of carbonyl (C=O) groups excluding carboxylic acids is 2. The lowest BCUT2D eigenvalue weighted by molar-refractivity contribution is 0.0635. The molecule has 1 rings (SSSR count). The largest absolute Gasteiger partial charge is 0.504 e. The van der Waals surface area contributed by atoms with Crippen LogP contribution in [0.3, 0.4) is 0 Å². The van der Waals surface area contributed by atoms with Crippen molar-refractivity contribution in [2.75, 3.05) is 12.4 Å². The predicted octanol–water partition coefficient (Wildman–Crippen LogP) is 2.70. The van der Waals surface area contributed by atoms with Gasteiger partial charge in [-0.3, -0.25) is 10.1 Å². The van der Waals surface area contributed by atoms with Crippen molar-refractivity contribution >= 4 is 18.1 Å². The summed E-state index contributed by atoms with van der Waals surface area (Å²) >= 11 is 0. The van der Waals surface area contributed by atoms with E-state index in [1.165, 1.54) is 0 Å². The molecular weight excluding hydrogens is 269 g/mol. The summed E-state index contributed by atoms with van der Waals surface area (Å²) in [5, 5.41) is 11.7. The van der Waals surface area contributed by atoms with Gasteiger partial charge in [-0.15, -0.1) is 0 Å². The first-order valence-corrected chi connectivity index (χ1v) is 5.74. The number of hydrogen-bond donors (Lipinski definition) is 2. The third kappa shape index (κ3) is 3.59. The third-order valence-electron chi connectivity index (χ3n) is 2.19. The Bertz CT molecular complexity index is 537. The Balaban J connectivity index is 3.13. The van der Waals surface area contributed by atoms with Gasteiger partial charge in [0.2, 0.25) is 0 Å². The van der Waals surface area contributed by atoms with E-state index < -0.39 is 29.0 Å². The van der Waals surface area contributed by atoms with Crippen molar-refractivity contribution in [3.05, 3.63) is 17.4 Å². The molecule has 0 fully saturated rings. The van der Waals surface area contributed by atoms with Gasteiger partial charge in [0, 0.05) is 0 Å². The van der Waals surface area contributed by atoms with Gasteiger partial charge < -0.3 is 14.6 Å². The van der Waals surface area contributed by atoms with Gasteiger partial charge in [0.25, 0.3) is 0 Å². The van der Waals surface area contributed by atoms with E-state index >= 15 is 0 Å². The van der Waals surface area contributed by atoms with Gasteiger partial charge in [-0.1, -0.05) is 0 Å². The Labute approximate surface area is 115 Å². The smallest absolute Gasteiger partial charge is 0.412 e. The maximum atomic E-state index is 14.0. The second-order valence-electron chi connectivity index (χ2n) is 4.95. The number of carbonyl (C=O) groups is 2. The normalized spacial score (nSPS) is 10.8. The maximum Gasteiger partial charge on any atom is 0.412 e. The van der Waals surface area contributed by atoms with E-state index in [9.17, 15) is 19.1 Å². The summed E-state index contributed by atoms with van der Waals surface area (Å²) in [6, 6.07) is 0.990. The highest BCUT2D eigenvalue weighted by molar-refractivity contribution is 5.90. The monoisotopic (exact) mass is 285 g/mol. The lowest BCUT2D eigenvalue weighted by Crippen LogP contribution is -2.27. The molecule has 0 bridgehead atoms. The summed E-state index contributed by atoms with van der Waals surface area (Å²) in [7, 11) is 1.13. The highest BCUT2D eigenvalue weighted by atomic mass is 19.1. The zero-order chi connectivity index (χ0) is 15.5. The molecule has 0 spiro atoms. The average Bonchev–Trinajstić information content (AvgIpc) is 2.31. The molecule has 0 saturated heterocycles. The van der Waals surface area contributed by atoms with Crippen molar-refractivity contribution in [3.8, 4) is 11.5 Å². The molecule has 0 aromatic heterocycles. The Morgan fingerprint density at radius 3 is 2.50 bits per heavy atom. The van der Waals surface area contributed by atoms with Gasteiger partial charge in [-0.05, 0) is 26.8 Å². The van der Waals surface area contributed by atoms with Crippen LogP contribution >= 0.6 is 0 Å². The minimum Gasteiger partial charge on any atom is -0.504 e. The first-order valence-electron chi connectivity index (χ1n) is 5.74. The summed E-state index contributed by atoms with van der Waals surface area (Å²) in [6.45, 7) is 4.95. The first-order chi connectivity index (χ1) is 9.19. The maximum absolute atomic E-state index is 14.0. The second-order valence-corrected chi connectivity index (χ2v) is 4.95. The molecule has 110 valence electrons. The molecule has 0 radical (unpaired) electrons. The van der Waals surface area contributed by atoms with Gasteiger partial charge >= 0.3 is 6.09 Å². The molecule has 0 aliphatic carbocycles. The number of phenolic OH excluding ortho intramolecular Hbond substituents is 1. The fraction of sp³-hybridized carbons (Fsp3) is 0.385. The van der Waals surface area contributed by atoms with E-state index in [1.807, 2.05) is 0 Å². The fourth-order valence-electron chi connectivity index (χ4n) is 1.43. The number of aldehydes is 1. The van der Waals surface area contributed by atoms with E-state index in [0.717, 1.165) is 13.2 Å². The first kappa shape index (κ1) is 15.7. The number of methoxy groups -OCH3 is 1. The Morgan fingerprint density at radius 2 is 2.05 bits per heavy atom. The second kappa shape index (κ2) is 5.77. The lowest BCUT2D eigenvalue weighted by Gasteiger charge is -2.20. The van der Waals surface area contributed by atoms with Gasteiger partial charge in [0.15, 0.2) is 23.6 Å². The van der Waals surface area contributed by atoms with E-state index in [-0.39, 0.29) is 11.3 Å². The summed E-state index contributed by atoms with van der Waals surface area (Å²) in [4.78, 5) is 22.4.